The lowest BCUT2D eigenvalue weighted by Crippen LogP contribution is -2.08. The number of benzene rings is 5. The average molecular weight is 497 g/mol. The predicted molar refractivity (Wildman–Crippen MR) is 151 cm³/mol. The van der Waals surface area contributed by atoms with Crippen LogP contribution in [0.2, 0.25) is 0 Å². The summed E-state index contributed by atoms with van der Waals surface area (Å²) in [5.74, 6) is 2.63. The van der Waals surface area contributed by atoms with E-state index in [1.165, 1.54) is 0 Å². The number of hydrogen-bond donors (Lipinski definition) is 2. The summed E-state index contributed by atoms with van der Waals surface area (Å²) in [6.45, 7) is 0. The summed E-state index contributed by atoms with van der Waals surface area (Å²) in [5.41, 5.74) is 2.19. The molecule has 5 aromatic carbocycles. The Bertz CT molecular complexity index is 1960. The van der Waals surface area contributed by atoms with Crippen LogP contribution in [0.3, 0.4) is 0 Å². The first-order valence-corrected chi connectivity index (χ1v) is 12.2. The molecule has 0 saturated carbocycles. The number of pyridine rings is 2. The molecule has 0 aliphatic heterocycles. The van der Waals surface area contributed by atoms with Crippen molar-refractivity contribution < 1.29 is 9.47 Å². The second kappa shape index (κ2) is 8.64. The highest BCUT2D eigenvalue weighted by Crippen LogP contribution is 2.28. The van der Waals surface area contributed by atoms with Gasteiger partial charge in [-0.15, -0.1) is 0 Å². The van der Waals surface area contributed by atoms with Crippen LogP contribution in [0.4, 0.5) is 0 Å². The van der Waals surface area contributed by atoms with Gasteiger partial charge < -0.3 is 19.4 Å². The van der Waals surface area contributed by atoms with Gasteiger partial charge >= 0.3 is 0 Å². The monoisotopic (exact) mass is 496 g/mol. The molecule has 0 saturated heterocycles. The van der Waals surface area contributed by atoms with Crippen LogP contribution in [0.5, 0.6) is 23.0 Å². The van der Waals surface area contributed by atoms with E-state index in [1.54, 1.807) is 48.5 Å². The van der Waals surface area contributed by atoms with Gasteiger partial charge in [-0.05, 0) is 60.7 Å². The number of ether oxygens (including phenoxy) is 2. The number of nitrogens with one attached hydrogen (secondary N) is 2. The molecule has 182 valence electrons. The average Bonchev–Trinajstić information content (AvgIpc) is 2.94. The molecular weight excluding hydrogens is 476 g/mol. The second-order valence-electron chi connectivity index (χ2n) is 9.10. The third-order valence-electron chi connectivity index (χ3n) is 6.61. The van der Waals surface area contributed by atoms with E-state index in [9.17, 15) is 9.59 Å². The van der Waals surface area contributed by atoms with Crippen molar-refractivity contribution in [1.29, 1.82) is 0 Å². The van der Waals surface area contributed by atoms with Crippen LogP contribution in [0.15, 0.2) is 119 Å². The molecule has 6 heteroatoms. The lowest BCUT2D eigenvalue weighted by molar-refractivity contribution is 0.483. The van der Waals surface area contributed by atoms with Gasteiger partial charge in [-0.2, -0.15) is 0 Å². The summed E-state index contributed by atoms with van der Waals surface area (Å²) in [4.78, 5) is 33.5. The summed E-state index contributed by atoms with van der Waals surface area (Å²) in [5, 5.41) is 2.07. The molecule has 38 heavy (non-hydrogen) atoms. The van der Waals surface area contributed by atoms with E-state index in [0.29, 0.717) is 66.6 Å². The minimum absolute atomic E-state index is 0.121. The summed E-state index contributed by atoms with van der Waals surface area (Å²) in [6.07, 6.45) is 0. The van der Waals surface area contributed by atoms with E-state index in [0.717, 1.165) is 0 Å². The molecule has 7 rings (SSSR count). The number of aromatic amines is 2. The van der Waals surface area contributed by atoms with Crippen molar-refractivity contribution in [2.45, 2.75) is 0 Å². The highest BCUT2D eigenvalue weighted by Gasteiger charge is 2.13. The lowest BCUT2D eigenvalue weighted by Gasteiger charge is -2.10. The molecule has 2 N–H and O–H groups in total. The molecule has 0 fully saturated rings. The van der Waals surface area contributed by atoms with Crippen molar-refractivity contribution in [1.82, 2.24) is 9.97 Å². The van der Waals surface area contributed by atoms with Gasteiger partial charge in [0.05, 0.1) is 22.1 Å². The number of fused-ring (bicyclic) bond motifs is 4. The molecule has 0 bridgehead atoms. The van der Waals surface area contributed by atoms with Crippen LogP contribution in [0, 0.1) is 0 Å². The van der Waals surface area contributed by atoms with Gasteiger partial charge in [-0.1, -0.05) is 36.4 Å². The maximum Gasteiger partial charge on any atom is 0.197 e. The van der Waals surface area contributed by atoms with Crippen molar-refractivity contribution >= 4 is 43.6 Å². The largest absolute Gasteiger partial charge is 0.457 e. The first-order chi connectivity index (χ1) is 18.6. The fraction of sp³-hybridized carbons (Fsp3) is 0. The molecular formula is C32H20N2O4. The van der Waals surface area contributed by atoms with Gasteiger partial charge in [0, 0.05) is 33.7 Å². The maximum atomic E-state index is 13.4. The van der Waals surface area contributed by atoms with Crippen molar-refractivity contribution in [3.63, 3.8) is 0 Å². The highest BCUT2D eigenvalue weighted by atomic mass is 16.5. The normalized spacial score (nSPS) is 11.4. The molecule has 0 spiro atoms. The quantitative estimate of drug-likeness (QED) is 0.251. The van der Waals surface area contributed by atoms with E-state index in [4.69, 9.17) is 9.47 Å². The molecule has 7 aromatic rings. The van der Waals surface area contributed by atoms with E-state index >= 15 is 0 Å². The highest BCUT2D eigenvalue weighted by molar-refractivity contribution is 6.03. The summed E-state index contributed by atoms with van der Waals surface area (Å²) >= 11 is 0. The fourth-order valence-corrected chi connectivity index (χ4v) is 4.79. The Morgan fingerprint density at radius 2 is 0.789 bits per heavy atom. The van der Waals surface area contributed by atoms with Gasteiger partial charge in [0.1, 0.15) is 23.0 Å². The molecule has 2 aromatic heterocycles. The molecule has 0 amide bonds. The van der Waals surface area contributed by atoms with Crippen LogP contribution in [0.1, 0.15) is 0 Å². The van der Waals surface area contributed by atoms with Crippen molar-refractivity contribution in [2.24, 2.45) is 0 Å². The Morgan fingerprint density at radius 3 is 1.21 bits per heavy atom. The zero-order valence-electron chi connectivity index (χ0n) is 20.0. The third kappa shape index (κ3) is 3.76. The summed E-state index contributed by atoms with van der Waals surface area (Å²) < 4.78 is 11.9. The first-order valence-electron chi connectivity index (χ1n) is 12.2. The van der Waals surface area contributed by atoms with E-state index in [2.05, 4.69) is 9.97 Å². The second-order valence-corrected chi connectivity index (χ2v) is 9.10. The molecule has 6 nitrogen and oxygen atoms in total. The standard InChI is InChI=1S/C32H20N2O4/c35-31-23-13-11-21(37-19-7-3-1-4-8-19)15-27(23)33-29-17-26-30(18-25(29)31)34-28-16-22(12-14-24(28)32(26)36)38-20-9-5-2-6-10-20/h1-18H,(H,33,35)(H,34,36). The van der Waals surface area contributed by atoms with Gasteiger partial charge in [-0.25, -0.2) is 0 Å². The maximum absolute atomic E-state index is 13.4. The first kappa shape index (κ1) is 21.9. The van der Waals surface area contributed by atoms with Gasteiger partial charge in [0.2, 0.25) is 0 Å². The van der Waals surface area contributed by atoms with Crippen LogP contribution in [-0.2, 0) is 0 Å². The van der Waals surface area contributed by atoms with E-state index in [-0.39, 0.29) is 10.9 Å². The molecule has 0 unspecified atom stereocenters. The molecule has 0 aliphatic rings. The number of rotatable bonds is 4. The Morgan fingerprint density at radius 1 is 0.395 bits per heavy atom. The Labute approximate surface area is 215 Å². The van der Waals surface area contributed by atoms with Crippen molar-refractivity contribution in [3.8, 4) is 23.0 Å². The van der Waals surface area contributed by atoms with Gasteiger partial charge in [-0.3, -0.25) is 9.59 Å². The molecule has 0 aliphatic carbocycles. The predicted octanol–water partition coefficient (Wildman–Crippen LogP) is 7.26. The number of hydrogen-bond acceptors (Lipinski definition) is 4. The molecule has 0 atom stereocenters. The zero-order valence-corrected chi connectivity index (χ0v) is 20.0. The topological polar surface area (TPSA) is 84.2 Å². The smallest absolute Gasteiger partial charge is 0.197 e. The van der Waals surface area contributed by atoms with Gasteiger partial charge in [0.25, 0.3) is 0 Å². The van der Waals surface area contributed by atoms with Crippen LogP contribution in [0.25, 0.3) is 43.6 Å². The van der Waals surface area contributed by atoms with E-state index in [1.807, 2.05) is 60.7 Å². The van der Waals surface area contributed by atoms with Gasteiger partial charge in [0.15, 0.2) is 10.9 Å². The van der Waals surface area contributed by atoms with Crippen LogP contribution >= 0.6 is 0 Å². The fourth-order valence-electron chi connectivity index (χ4n) is 4.79. The summed E-state index contributed by atoms with van der Waals surface area (Å²) in [6, 6.07) is 33.0. The zero-order chi connectivity index (χ0) is 25.6. The Hall–Kier alpha value is -5.36. The van der Waals surface area contributed by atoms with Crippen molar-refractivity contribution in [2.75, 3.05) is 0 Å². The van der Waals surface area contributed by atoms with Crippen LogP contribution in [-0.4, -0.2) is 9.97 Å². The summed E-state index contributed by atoms with van der Waals surface area (Å²) in [7, 11) is 0. The molecule has 0 radical (unpaired) electrons. The van der Waals surface area contributed by atoms with Crippen molar-refractivity contribution in [3.05, 3.63) is 130 Å². The number of aromatic nitrogens is 2. The minimum Gasteiger partial charge on any atom is -0.457 e. The molecule has 2 heterocycles. The third-order valence-corrected chi connectivity index (χ3v) is 6.61. The lowest BCUT2D eigenvalue weighted by atomic mass is 10.1. The Balaban J connectivity index is 1.36. The van der Waals surface area contributed by atoms with Crippen LogP contribution < -0.4 is 20.3 Å². The SMILES string of the molecule is O=c1c2ccc(Oc3ccccc3)cc2[nH]c2cc3c(=O)c4ccc(Oc5ccccc5)cc4[nH]c3cc12. The number of H-pyrrole nitrogens is 2. The minimum atomic E-state index is -0.121. The number of para-hydroxylation sites is 2. The van der Waals surface area contributed by atoms with E-state index < -0.39 is 0 Å². The Kier molecular flexibility index (Phi) is 4.97.